The zero-order valence-corrected chi connectivity index (χ0v) is 16.1. The minimum Gasteiger partial charge on any atom is -0.325 e. The van der Waals surface area contributed by atoms with Crippen LogP contribution in [0.25, 0.3) is 11.4 Å². The normalized spacial score (nSPS) is 10.7. The van der Waals surface area contributed by atoms with Crippen LogP contribution in [-0.4, -0.2) is 26.4 Å². The number of hydrogen-bond acceptors (Lipinski definition) is 4. The number of anilines is 1. The van der Waals surface area contributed by atoms with E-state index in [1.807, 2.05) is 60.1 Å². The van der Waals surface area contributed by atoms with Crippen LogP contribution in [0.2, 0.25) is 5.02 Å². The van der Waals surface area contributed by atoms with Gasteiger partial charge in [-0.15, -0.1) is 10.2 Å². The van der Waals surface area contributed by atoms with Gasteiger partial charge in [-0.2, -0.15) is 0 Å². The SMILES string of the molecule is CCc1ccccc1NC(=O)CSc1nnc(-c2ccccc2Cl)n1C. The van der Waals surface area contributed by atoms with Gasteiger partial charge in [0, 0.05) is 18.3 Å². The van der Waals surface area contributed by atoms with Crippen molar-refractivity contribution in [2.75, 3.05) is 11.1 Å². The Morgan fingerprint density at radius 2 is 1.88 bits per heavy atom. The van der Waals surface area contributed by atoms with E-state index < -0.39 is 0 Å². The Labute approximate surface area is 161 Å². The van der Waals surface area contributed by atoms with Crippen LogP contribution in [0.3, 0.4) is 0 Å². The molecule has 1 aromatic heterocycles. The van der Waals surface area contributed by atoms with Gasteiger partial charge in [0.15, 0.2) is 11.0 Å². The molecule has 0 spiro atoms. The second kappa shape index (κ2) is 8.38. The fourth-order valence-electron chi connectivity index (χ4n) is 2.58. The van der Waals surface area contributed by atoms with E-state index in [-0.39, 0.29) is 11.7 Å². The molecule has 134 valence electrons. The van der Waals surface area contributed by atoms with Crippen LogP contribution in [0.5, 0.6) is 0 Å². The molecule has 0 saturated carbocycles. The van der Waals surface area contributed by atoms with E-state index >= 15 is 0 Å². The fourth-order valence-corrected chi connectivity index (χ4v) is 3.52. The number of para-hydroxylation sites is 1. The van der Waals surface area contributed by atoms with Gasteiger partial charge in [-0.3, -0.25) is 4.79 Å². The first-order chi connectivity index (χ1) is 12.6. The predicted molar refractivity (Wildman–Crippen MR) is 107 cm³/mol. The zero-order chi connectivity index (χ0) is 18.5. The van der Waals surface area contributed by atoms with Crippen LogP contribution in [0.4, 0.5) is 5.69 Å². The molecule has 0 unspecified atom stereocenters. The maximum atomic E-state index is 12.3. The molecule has 5 nitrogen and oxygen atoms in total. The summed E-state index contributed by atoms with van der Waals surface area (Å²) in [4.78, 5) is 12.3. The quantitative estimate of drug-likeness (QED) is 0.636. The smallest absolute Gasteiger partial charge is 0.234 e. The van der Waals surface area contributed by atoms with Crippen LogP contribution in [0.15, 0.2) is 53.7 Å². The van der Waals surface area contributed by atoms with Crippen molar-refractivity contribution in [3.63, 3.8) is 0 Å². The van der Waals surface area contributed by atoms with Gasteiger partial charge >= 0.3 is 0 Å². The van der Waals surface area contributed by atoms with Gasteiger partial charge in [0.1, 0.15) is 0 Å². The highest BCUT2D eigenvalue weighted by Gasteiger charge is 2.15. The predicted octanol–water partition coefficient (Wildman–Crippen LogP) is 4.43. The van der Waals surface area contributed by atoms with Gasteiger partial charge in [-0.1, -0.05) is 60.6 Å². The lowest BCUT2D eigenvalue weighted by molar-refractivity contribution is -0.113. The second-order valence-electron chi connectivity index (χ2n) is 5.69. The van der Waals surface area contributed by atoms with Crippen molar-refractivity contribution in [3.05, 3.63) is 59.1 Å². The van der Waals surface area contributed by atoms with Crippen LogP contribution in [-0.2, 0) is 18.3 Å². The van der Waals surface area contributed by atoms with Crippen molar-refractivity contribution in [1.82, 2.24) is 14.8 Å². The summed E-state index contributed by atoms with van der Waals surface area (Å²) in [5.41, 5.74) is 2.79. The molecule has 0 bridgehead atoms. The Hall–Kier alpha value is -2.31. The first kappa shape index (κ1) is 18.5. The summed E-state index contributed by atoms with van der Waals surface area (Å²) in [6, 6.07) is 15.3. The van der Waals surface area contributed by atoms with Crippen molar-refractivity contribution in [1.29, 1.82) is 0 Å². The minimum absolute atomic E-state index is 0.0711. The summed E-state index contributed by atoms with van der Waals surface area (Å²) in [6.45, 7) is 2.07. The summed E-state index contributed by atoms with van der Waals surface area (Å²) >= 11 is 7.58. The third kappa shape index (κ3) is 4.08. The molecular formula is C19H19ClN4OS. The summed E-state index contributed by atoms with van der Waals surface area (Å²) in [7, 11) is 1.87. The van der Waals surface area contributed by atoms with Crippen molar-refractivity contribution in [3.8, 4) is 11.4 Å². The maximum Gasteiger partial charge on any atom is 0.234 e. The van der Waals surface area contributed by atoms with Crippen molar-refractivity contribution >= 4 is 35.0 Å². The third-order valence-electron chi connectivity index (χ3n) is 3.95. The minimum atomic E-state index is -0.0711. The van der Waals surface area contributed by atoms with E-state index in [1.54, 1.807) is 0 Å². The second-order valence-corrected chi connectivity index (χ2v) is 7.04. The Morgan fingerprint density at radius 1 is 1.15 bits per heavy atom. The van der Waals surface area contributed by atoms with Crippen molar-refractivity contribution in [2.24, 2.45) is 7.05 Å². The molecule has 0 fully saturated rings. The van der Waals surface area contributed by atoms with Crippen LogP contribution in [0, 0.1) is 0 Å². The third-order valence-corrected chi connectivity index (χ3v) is 5.30. The summed E-state index contributed by atoms with van der Waals surface area (Å²) in [5, 5.41) is 12.6. The molecule has 26 heavy (non-hydrogen) atoms. The molecule has 3 rings (SSSR count). The van der Waals surface area contributed by atoms with Gasteiger partial charge in [0.2, 0.25) is 5.91 Å². The molecule has 0 saturated heterocycles. The standard InChI is InChI=1S/C19H19ClN4OS/c1-3-13-8-4-7-11-16(13)21-17(25)12-26-19-23-22-18(24(19)2)14-9-5-6-10-15(14)20/h4-11H,3,12H2,1-2H3,(H,21,25). The van der Waals surface area contributed by atoms with Gasteiger partial charge < -0.3 is 9.88 Å². The number of halogens is 1. The molecule has 1 amide bonds. The number of carbonyl (C=O) groups is 1. The molecule has 0 radical (unpaired) electrons. The molecule has 0 aliphatic carbocycles. The number of benzene rings is 2. The van der Waals surface area contributed by atoms with Gasteiger partial charge in [-0.05, 0) is 30.2 Å². The number of carbonyl (C=O) groups excluding carboxylic acids is 1. The lowest BCUT2D eigenvalue weighted by Crippen LogP contribution is -2.15. The van der Waals surface area contributed by atoms with Crippen LogP contribution < -0.4 is 5.32 Å². The highest BCUT2D eigenvalue weighted by molar-refractivity contribution is 7.99. The van der Waals surface area contributed by atoms with E-state index in [0.29, 0.717) is 16.0 Å². The number of amides is 1. The molecule has 0 atom stereocenters. The number of aryl methyl sites for hydroxylation is 1. The Morgan fingerprint density at radius 3 is 2.65 bits per heavy atom. The molecular weight excluding hydrogens is 368 g/mol. The van der Waals surface area contributed by atoms with Gasteiger partial charge in [0.25, 0.3) is 0 Å². The highest BCUT2D eigenvalue weighted by Crippen LogP contribution is 2.28. The van der Waals surface area contributed by atoms with Crippen LogP contribution in [0.1, 0.15) is 12.5 Å². The number of nitrogens with one attached hydrogen (secondary N) is 1. The molecule has 0 aliphatic rings. The maximum absolute atomic E-state index is 12.3. The largest absolute Gasteiger partial charge is 0.325 e. The number of aromatic nitrogens is 3. The van der Waals surface area contributed by atoms with E-state index in [0.717, 1.165) is 23.2 Å². The number of thioether (sulfide) groups is 1. The van der Waals surface area contributed by atoms with Gasteiger partial charge in [-0.25, -0.2) is 0 Å². The molecule has 2 aromatic carbocycles. The Kier molecular flexibility index (Phi) is 5.96. The lowest BCUT2D eigenvalue weighted by atomic mass is 10.1. The van der Waals surface area contributed by atoms with Crippen LogP contribution >= 0.6 is 23.4 Å². The number of rotatable bonds is 6. The monoisotopic (exact) mass is 386 g/mol. The van der Waals surface area contributed by atoms with E-state index in [4.69, 9.17) is 11.6 Å². The zero-order valence-electron chi connectivity index (χ0n) is 14.6. The summed E-state index contributed by atoms with van der Waals surface area (Å²) in [6.07, 6.45) is 0.869. The number of nitrogens with zero attached hydrogens (tertiary/aromatic N) is 3. The highest BCUT2D eigenvalue weighted by atomic mass is 35.5. The van der Waals surface area contributed by atoms with Gasteiger partial charge in [0.05, 0.1) is 10.8 Å². The molecule has 7 heteroatoms. The molecule has 1 N–H and O–H groups in total. The first-order valence-corrected chi connectivity index (χ1v) is 9.61. The molecule has 0 aliphatic heterocycles. The molecule has 3 aromatic rings. The first-order valence-electron chi connectivity index (χ1n) is 8.25. The number of hydrogen-bond donors (Lipinski definition) is 1. The molecule has 1 heterocycles. The van der Waals surface area contributed by atoms with E-state index in [9.17, 15) is 4.79 Å². The summed E-state index contributed by atoms with van der Waals surface area (Å²) < 4.78 is 1.85. The van der Waals surface area contributed by atoms with E-state index in [1.165, 1.54) is 11.8 Å². The fraction of sp³-hybridized carbons (Fsp3) is 0.211. The average Bonchev–Trinajstić information content (AvgIpc) is 3.01. The lowest BCUT2D eigenvalue weighted by Gasteiger charge is -2.09. The van der Waals surface area contributed by atoms with Crippen molar-refractivity contribution < 1.29 is 4.79 Å². The summed E-state index contributed by atoms with van der Waals surface area (Å²) in [5.74, 6) is 0.861. The van der Waals surface area contributed by atoms with E-state index in [2.05, 4.69) is 22.4 Å². The Bertz CT molecular complexity index is 925. The van der Waals surface area contributed by atoms with Crippen molar-refractivity contribution in [2.45, 2.75) is 18.5 Å². The topological polar surface area (TPSA) is 59.8 Å². The average molecular weight is 387 g/mol. The Balaban J connectivity index is 1.67.